The summed E-state index contributed by atoms with van der Waals surface area (Å²) in [5, 5.41) is 10.0. The number of aromatic nitrogens is 2. The number of hydrogen-bond donors (Lipinski definition) is 2. The van der Waals surface area contributed by atoms with Gasteiger partial charge >= 0.3 is 11.7 Å². The number of nitrogens with zero attached hydrogens (tertiary/aromatic N) is 1. The van der Waals surface area contributed by atoms with Gasteiger partial charge in [-0.25, -0.2) is 14.0 Å². The number of rotatable bonds is 4. The molecule has 2 N–H and O–H groups in total. The molecule has 8 nitrogen and oxygen atoms in total. The Morgan fingerprint density at radius 3 is 2.73 bits per heavy atom. The van der Waals surface area contributed by atoms with Crippen LogP contribution in [0.4, 0.5) is 4.39 Å². The topological polar surface area (TPSA) is 111 Å². The van der Waals surface area contributed by atoms with Gasteiger partial charge in [0.25, 0.3) is 5.56 Å². The van der Waals surface area contributed by atoms with Gasteiger partial charge in [0.1, 0.15) is 18.8 Å². The molecule has 1 unspecified atom stereocenters. The van der Waals surface area contributed by atoms with Gasteiger partial charge in [0.05, 0.1) is 5.56 Å². The van der Waals surface area contributed by atoms with E-state index >= 15 is 0 Å². The fraction of sp³-hybridized carbons (Fsp3) is 0.353. The number of aryl methyl sites for hydroxylation is 1. The van der Waals surface area contributed by atoms with E-state index in [9.17, 15) is 23.9 Å². The van der Waals surface area contributed by atoms with Crippen LogP contribution in [-0.2, 0) is 9.47 Å². The minimum Gasteiger partial charge on any atom is -0.459 e. The second kappa shape index (κ2) is 7.22. The molecule has 1 aliphatic heterocycles. The highest BCUT2D eigenvalue weighted by Crippen LogP contribution is 2.31. The summed E-state index contributed by atoms with van der Waals surface area (Å²) in [4.78, 5) is 37.3. The second-order valence-corrected chi connectivity index (χ2v) is 5.94. The average Bonchev–Trinajstić information content (AvgIpc) is 2.91. The van der Waals surface area contributed by atoms with Crippen LogP contribution in [0.15, 0.2) is 46.1 Å². The van der Waals surface area contributed by atoms with E-state index in [-0.39, 0.29) is 12.2 Å². The number of H-pyrrole nitrogens is 1. The van der Waals surface area contributed by atoms with E-state index < -0.39 is 41.8 Å². The Bertz CT molecular complexity index is 909. The number of halogens is 1. The van der Waals surface area contributed by atoms with E-state index in [4.69, 9.17) is 9.47 Å². The van der Waals surface area contributed by atoms with Crippen molar-refractivity contribution in [2.24, 2.45) is 0 Å². The molecule has 1 fully saturated rings. The molecule has 3 rings (SSSR count). The lowest BCUT2D eigenvalue weighted by Gasteiger charge is -2.16. The minimum atomic E-state index is -1.93. The minimum absolute atomic E-state index is 0.189. The number of aliphatic hydroxyl groups is 1. The predicted molar refractivity (Wildman–Crippen MR) is 87.6 cm³/mol. The van der Waals surface area contributed by atoms with Crippen molar-refractivity contribution in [1.82, 2.24) is 9.55 Å². The van der Waals surface area contributed by atoms with E-state index in [0.717, 1.165) is 10.8 Å². The number of hydrogen-bond acceptors (Lipinski definition) is 6. The highest BCUT2D eigenvalue weighted by atomic mass is 19.1. The van der Waals surface area contributed by atoms with Crippen LogP contribution in [0.25, 0.3) is 0 Å². The third kappa shape index (κ3) is 3.44. The third-order valence-corrected chi connectivity index (χ3v) is 4.10. The third-order valence-electron chi connectivity index (χ3n) is 4.10. The molecule has 0 aliphatic carbocycles. The zero-order chi connectivity index (χ0) is 18.8. The number of esters is 1. The molecule has 1 saturated heterocycles. The number of ether oxygens (including phenoxy) is 2. The lowest BCUT2D eigenvalue weighted by atomic mass is 10.1. The predicted octanol–water partition coefficient (Wildman–Crippen LogP) is 0.298. The number of carbonyl (C=O) groups is 1. The first kappa shape index (κ1) is 18.0. The number of aliphatic hydroxyl groups excluding tert-OH is 1. The molecule has 0 spiro atoms. The fourth-order valence-corrected chi connectivity index (χ4v) is 2.66. The maximum atomic E-state index is 14.4. The fourth-order valence-electron chi connectivity index (χ4n) is 2.66. The summed E-state index contributed by atoms with van der Waals surface area (Å²) in [5.41, 5.74) is -0.953. The molecule has 0 saturated carbocycles. The number of nitrogens with one attached hydrogen (secondary N) is 1. The molecule has 1 aromatic carbocycles. The molecule has 2 aromatic rings. The van der Waals surface area contributed by atoms with E-state index in [1.165, 1.54) is 6.92 Å². The van der Waals surface area contributed by atoms with Gasteiger partial charge in [-0.2, -0.15) is 0 Å². The Morgan fingerprint density at radius 1 is 1.35 bits per heavy atom. The van der Waals surface area contributed by atoms with Crippen molar-refractivity contribution < 1.29 is 23.8 Å². The molecule has 0 bridgehead atoms. The average molecular weight is 364 g/mol. The zero-order valence-electron chi connectivity index (χ0n) is 13.8. The summed E-state index contributed by atoms with van der Waals surface area (Å²) in [6, 6.07) is 8.17. The van der Waals surface area contributed by atoms with E-state index in [2.05, 4.69) is 0 Å². The molecule has 4 atom stereocenters. The van der Waals surface area contributed by atoms with Crippen LogP contribution in [0, 0.1) is 6.92 Å². The number of alkyl halides is 1. The van der Waals surface area contributed by atoms with Crippen LogP contribution in [0.3, 0.4) is 0 Å². The standard InChI is InChI=1S/C17H17FN2O6/c1-9-7-20(17(24)19-14(9)22)15-12(18)13(21)11(26-15)8-25-16(23)10-5-3-2-4-6-10/h2-7,11-13,15,21H,8H2,1H3,(H,19,22,24)/t11-,12+,13-,15?/m1/s1. The molecule has 9 heteroatoms. The summed E-state index contributed by atoms with van der Waals surface area (Å²) in [6.45, 7) is 1.06. The number of benzene rings is 1. The van der Waals surface area contributed by atoms with Crippen molar-refractivity contribution in [3.05, 3.63) is 68.5 Å². The van der Waals surface area contributed by atoms with Gasteiger partial charge in [0.15, 0.2) is 12.4 Å². The first-order chi connectivity index (χ1) is 12.4. The Labute approximate surface area is 146 Å². The first-order valence-electron chi connectivity index (χ1n) is 7.90. The summed E-state index contributed by atoms with van der Waals surface area (Å²) in [6.07, 6.45) is -4.96. The highest BCUT2D eigenvalue weighted by molar-refractivity contribution is 5.89. The first-order valence-corrected chi connectivity index (χ1v) is 7.90. The van der Waals surface area contributed by atoms with Crippen LogP contribution >= 0.6 is 0 Å². The van der Waals surface area contributed by atoms with Gasteiger partial charge in [-0.3, -0.25) is 14.3 Å². The summed E-state index contributed by atoms with van der Waals surface area (Å²) in [5.74, 6) is -0.641. The summed E-state index contributed by atoms with van der Waals surface area (Å²) < 4.78 is 25.7. The second-order valence-electron chi connectivity index (χ2n) is 5.94. The van der Waals surface area contributed by atoms with Crippen LogP contribution < -0.4 is 11.2 Å². The molecular formula is C17H17FN2O6. The molecule has 0 amide bonds. The van der Waals surface area contributed by atoms with Gasteiger partial charge < -0.3 is 14.6 Å². The van der Waals surface area contributed by atoms with Crippen LogP contribution in [-0.4, -0.2) is 45.6 Å². The van der Waals surface area contributed by atoms with E-state index in [1.54, 1.807) is 30.3 Å². The van der Waals surface area contributed by atoms with Gasteiger partial charge in [-0.15, -0.1) is 0 Å². The van der Waals surface area contributed by atoms with Crippen molar-refractivity contribution in [3.63, 3.8) is 0 Å². The lowest BCUT2D eigenvalue weighted by molar-refractivity contribution is -0.0556. The maximum absolute atomic E-state index is 14.4. The smallest absolute Gasteiger partial charge is 0.338 e. The van der Waals surface area contributed by atoms with Crippen LogP contribution in [0.5, 0.6) is 0 Å². The van der Waals surface area contributed by atoms with Gasteiger partial charge in [0, 0.05) is 11.8 Å². The Hall–Kier alpha value is -2.78. The van der Waals surface area contributed by atoms with Crippen molar-refractivity contribution in [3.8, 4) is 0 Å². The zero-order valence-corrected chi connectivity index (χ0v) is 13.8. The molecule has 1 aliphatic rings. The highest BCUT2D eigenvalue weighted by Gasteiger charge is 2.46. The van der Waals surface area contributed by atoms with Crippen molar-refractivity contribution in [2.75, 3.05) is 6.61 Å². The van der Waals surface area contributed by atoms with E-state index in [0.29, 0.717) is 5.56 Å². The SMILES string of the molecule is Cc1cn(C2O[C@H](COC(=O)c3ccccc3)[C@@H](O)[C@@H]2F)c(=O)[nH]c1=O. The van der Waals surface area contributed by atoms with Crippen LogP contribution in [0.1, 0.15) is 22.1 Å². The number of aromatic amines is 1. The number of carbonyl (C=O) groups excluding carboxylic acids is 1. The molecule has 0 radical (unpaired) electrons. The van der Waals surface area contributed by atoms with Crippen molar-refractivity contribution in [1.29, 1.82) is 0 Å². The maximum Gasteiger partial charge on any atom is 0.338 e. The largest absolute Gasteiger partial charge is 0.459 e. The Kier molecular flexibility index (Phi) is 5.01. The molecule has 26 heavy (non-hydrogen) atoms. The molecule has 1 aromatic heterocycles. The quantitative estimate of drug-likeness (QED) is 0.755. The molecule has 2 heterocycles. The van der Waals surface area contributed by atoms with E-state index in [1.807, 2.05) is 4.98 Å². The summed E-state index contributed by atoms with van der Waals surface area (Å²) >= 11 is 0. The van der Waals surface area contributed by atoms with Gasteiger partial charge in [-0.1, -0.05) is 18.2 Å². The lowest BCUT2D eigenvalue weighted by Crippen LogP contribution is -2.36. The van der Waals surface area contributed by atoms with Gasteiger partial charge in [0.2, 0.25) is 0 Å². The monoisotopic (exact) mass is 364 g/mol. The van der Waals surface area contributed by atoms with Gasteiger partial charge in [-0.05, 0) is 19.1 Å². The normalized spacial score (nSPS) is 25.2. The summed E-state index contributed by atoms with van der Waals surface area (Å²) in [7, 11) is 0. The molecule has 138 valence electrons. The van der Waals surface area contributed by atoms with Crippen molar-refractivity contribution in [2.45, 2.75) is 31.5 Å². The van der Waals surface area contributed by atoms with Crippen LogP contribution in [0.2, 0.25) is 0 Å². The molecular weight excluding hydrogens is 347 g/mol. The Morgan fingerprint density at radius 2 is 2.04 bits per heavy atom. The Balaban J connectivity index is 1.72. The van der Waals surface area contributed by atoms with Crippen molar-refractivity contribution >= 4 is 5.97 Å².